The third-order valence-corrected chi connectivity index (χ3v) is 4.41. The van der Waals surface area contributed by atoms with Gasteiger partial charge in [-0.25, -0.2) is 9.36 Å². The molecule has 1 aromatic heterocycles. The minimum absolute atomic E-state index is 0.0753. The number of nitro groups is 1. The highest BCUT2D eigenvalue weighted by Crippen LogP contribution is 2.36. The zero-order valence-corrected chi connectivity index (χ0v) is 12.4. The fraction of sp³-hybridized carbons (Fsp3) is 0.188. The first kappa shape index (κ1) is 14.5. The average Bonchev–Trinajstić information content (AvgIpc) is 3.06. The molecular weight excluding hydrogens is 314 g/mol. The lowest BCUT2D eigenvalue weighted by Crippen LogP contribution is -2.22. The highest BCUT2D eigenvalue weighted by molar-refractivity contribution is 5.97. The van der Waals surface area contributed by atoms with Gasteiger partial charge in [0, 0.05) is 18.0 Å². The van der Waals surface area contributed by atoms with Gasteiger partial charge in [0.25, 0.3) is 5.69 Å². The van der Waals surface area contributed by atoms with E-state index in [-0.39, 0.29) is 17.3 Å². The Morgan fingerprint density at radius 3 is 2.54 bits per heavy atom. The van der Waals surface area contributed by atoms with Gasteiger partial charge < -0.3 is 10.2 Å². The molecule has 0 fully saturated rings. The first-order valence-corrected chi connectivity index (χ1v) is 7.39. The number of aromatic hydroxyl groups is 1. The quantitative estimate of drug-likeness (QED) is 0.551. The Kier molecular flexibility index (Phi) is 2.97. The third kappa shape index (κ3) is 1.80. The maximum atomic E-state index is 12.6. The van der Waals surface area contributed by atoms with Crippen LogP contribution in [0.3, 0.4) is 0 Å². The topological polar surface area (TPSA) is 111 Å². The second-order valence-electron chi connectivity index (χ2n) is 5.69. The number of nitrogens with zero attached hydrogens (tertiary/aromatic N) is 3. The van der Waals surface area contributed by atoms with Crippen LogP contribution in [0.15, 0.2) is 41.2 Å². The number of benzene rings is 2. The number of rotatable bonds is 2. The van der Waals surface area contributed by atoms with Crippen molar-refractivity contribution >= 4 is 16.5 Å². The maximum Gasteiger partial charge on any atom is 0.336 e. The number of fused-ring (bicyclic) bond motifs is 2. The van der Waals surface area contributed by atoms with E-state index in [1.165, 1.54) is 16.7 Å². The molecule has 24 heavy (non-hydrogen) atoms. The smallest absolute Gasteiger partial charge is 0.336 e. The van der Waals surface area contributed by atoms with Crippen molar-refractivity contribution in [1.29, 1.82) is 0 Å². The summed E-state index contributed by atoms with van der Waals surface area (Å²) in [6, 6.07) is 9.37. The van der Waals surface area contributed by atoms with E-state index in [0.29, 0.717) is 29.4 Å². The molecule has 122 valence electrons. The van der Waals surface area contributed by atoms with Crippen molar-refractivity contribution in [3.8, 4) is 11.6 Å². The molecule has 2 aromatic carbocycles. The van der Waals surface area contributed by atoms with E-state index in [1.54, 1.807) is 24.3 Å². The number of nitro benzene ring substituents is 1. The number of aromatic nitrogens is 2. The molecule has 3 aromatic rings. The van der Waals surface area contributed by atoms with Gasteiger partial charge in [-0.3, -0.25) is 14.7 Å². The molecule has 0 aliphatic carbocycles. The molecule has 1 unspecified atom stereocenters. The molecule has 0 amide bonds. The zero-order valence-electron chi connectivity index (χ0n) is 12.4. The molecule has 4 rings (SSSR count). The Hall–Kier alpha value is -3.13. The van der Waals surface area contributed by atoms with E-state index in [0.717, 1.165) is 4.57 Å². The standard InChI is InChI=1S/C16H13N3O5/c20-13-7-8-17-14(13)15(21)18(16(17)22)11-5-6-12(19(23)24)10-4-2-1-3-9(10)11/h1-6,13,20-21H,7-8H2. The molecule has 0 saturated carbocycles. The zero-order chi connectivity index (χ0) is 17.0. The van der Waals surface area contributed by atoms with Crippen molar-refractivity contribution in [2.75, 3.05) is 0 Å². The fourth-order valence-electron chi connectivity index (χ4n) is 3.32. The van der Waals surface area contributed by atoms with Gasteiger partial charge in [0.1, 0.15) is 11.8 Å². The van der Waals surface area contributed by atoms with Crippen LogP contribution in [-0.4, -0.2) is 24.3 Å². The van der Waals surface area contributed by atoms with E-state index in [4.69, 9.17) is 0 Å². The summed E-state index contributed by atoms with van der Waals surface area (Å²) in [6.45, 7) is 0.320. The van der Waals surface area contributed by atoms with Crippen molar-refractivity contribution in [2.24, 2.45) is 0 Å². The summed E-state index contributed by atoms with van der Waals surface area (Å²) in [7, 11) is 0. The second-order valence-corrected chi connectivity index (χ2v) is 5.69. The number of aliphatic hydroxyl groups is 1. The van der Waals surface area contributed by atoms with Gasteiger partial charge in [0.05, 0.1) is 16.0 Å². The summed E-state index contributed by atoms with van der Waals surface area (Å²) in [4.78, 5) is 23.3. The molecule has 0 saturated heterocycles. The van der Waals surface area contributed by atoms with Crippen molar-refractivity contribution in [3.05, 3.63) is 62.7 Å². The molecule has 1 aliphatic rings. The summed E-state index contributed by atoms with van der Waals surface area (Å²) < 4.78 is 2.42. The summed E-state index contributed by atoms with van der Waals surface area (Å²) in [6.07, 6.45) is -0.525. The highest BCUT2D eigenvalue weighted by Gasteiger charge is 2.31. The van der Waals surface area contributed by atoms with Crippen molar-refractivity contribution < 1.29 is 15.1 Å². The van der Waals surface area contributed by atoms with Crippen LogP contribution in [-0.2, 0) is 6.54 Å². The minimum atomic E-state index is -0.900. The largest absolute Gasteiger partial charge is 0.493 e. The lowest BCUT2D eigenvalue weighted by molar-refractivity contribution is -0.383. The van der Waals surface area contributed by atoms with Gasteiger partial charge in [-0.1, -0.05) is 18.2 Å². The van der Waals surface area contributed by atoms with Crippen LogP contribution in [0.25, 0.3) is 16.5 Å². The first-order valence-electron chi connectivity index (χ1n) is 7.39. The predicted octanol–water partition coefficient (Wildman–Crippen LogP) is 1.84. The minimum Gasteiger partial charge on any atom is -0.493 e. The first-order chi connectivity index (χ1) is 11.5. The molecule has 1 aliphatic heterocycles. The molecule has 2 N–H and O–H groups in total. The Bertz CT molecular complexity index is 1050. The fourth-order valence-corrected chi connectivity index (χ4v) is 3.32. The summed E-state index contributed by atoms with van der Waals surface area (Å²) in [5.41, 5.74) is -0.0260. The van der Waals surface area contributed by atoms with Crippen molar-refractivity contribution in [1.82, 2.24) is 9.13 Å². The maximum absolute atomic E-state index is 12.6. The second kappa shape index (κ2) is 4.93. The van der Waals surface area contributed by atoms with Gasteiger partial charge >= 0.3 is 5.69 Å². The van der Waals surface area contributed by atoms with E-state index >= 15 is 0 Å². The van der Waals surface area contributed by atoms with Crippen molar-refractivity contribution in [2.45, 2.75) is 19.1 Å². The molecule has 1 atom stereocenters. The van der Waals surface area contributed by atoms with E-state index in [9.17, 15) is 25.1 Å². The van der Waals surface area contributed by atoms with Crippen molar-refractivity contribution in [3.63, 3.8) is 0 Å². The Morgan fingerprint density at radius 1 is 1.17 bits per heavy atom. The number of hydrogen-bond donors (Lipinski definition) is 2. The number of imidazole rings is 1. The Balaban J connectivity index is 2.07. The molecule has 0 spiro atoms. The lowest BCUT2D eigenvalue weighted by Gasteiger charge is -2.09. The van der Waals surface area contributed by atoms with Gasteiger partial charge in [0.15, 0.2) is 0 Å². The van der Waals surface area contributed by atoms with Crippen LogP contribution >= 0.6 is 0 Å². The molecule has 8 nitrogen and oxygen atoms in total. The SMILES string of the molecule is O=c1n2c(c(O)n1-c1ccc([N+](=O)[O-])c3ccccc13)C(O)CC2. The van der Waals surface area contributed by atoms with Crippen LogP contribution in [0.1, 0.15) is 18.2 Å². The van der Waals surface area contributed by atoms with Crippen LogP contribution in [0.5, 0.6) is 5.88 Å². The van der Waals surface area contributed by atoms with Crippen LogP contribution in [0.2, 0.25) is 0 Å². The summed E-state index contributed by atoms with van der Waals surface area (Å²) in [5.74, 6) is -0.330. The molecule has 2 heterocycles. The Morgan fingerprint density at radius 2 is 1.88 bits per heavy atom. The van der Waals surface area contributed by atoms with E-state index < -0.39 is 16.7 Å². The third-order valence-electron chi connectivity index (χ3n) is 4.41. The van der Waals surface area contributed by atoms with Gasteiger partial charge in [-0.15, -0.1) is 0 Å². The average molecular weight is 327 g/mol. The van der Waals surface area contributed by atoms with Crippen LogP contribution < -0.4 is 5.69 Å². The normalized spacial score (nSPS) is 16.5. The number of hydrogen-bond acceptors (Lipinski definition) is 5. The monoisotopic (exact) mass is 327 g/mol. The molecule has 0 radical (unpaired) electrons. The van der Waals surface area contributed by atoms with E-state index in [2.05, 4.69) is 0 Å². The molecular formula is C16H13N3O5. The van der Waals surface area contributed by atoms with Gasteiger partial charge in [-0.2, -0.15) is 0 Å². The number of aliphatic hydroxyl groups excluding tert-OH is 1. The molecule has 0 bridgehead atoms. The highest BCUT2D eigenvalue weighted by atomic mass is 16.6. The van der Waals surface area contributed by atoms with Crippen LogP contribution in [0, 0.1) is 10.1 Å². The van der Waals surface area contributed by atoms with Gasteiger partial charge in [-0.05, 0) is 18.6 Å². The summed E-state index contributed by atoms with van der Waals surface area (Å²) >= 11 is 0. The summed E-state index contributed by atoms with van der Waals surface area (Å²) in [5, 5.41) is 32.4. The predicted molar refractivity (Wildman–Crippen MR) is 85.4 cm³/mol. The van der Waals surface area contributed by atoms with Crippen LogP contribution in [0.4, 0.5) is 5.69 Å². The van der Waals surface area contributed by atoms with E-state index in [1.807, 2.05) is 0 Å². The van der Waals surface area contributed by atoms with Gasteiger partial charge in [0.2, 0.25) is 5.88 Å². The lowest BCUT2D eigenvalue weighted by atomic mass is 10.1. The Labute approximate surface area is 135 Å². The molecule has 8 heteroatoms. The number of non-ortho nitro benzene ring substituents is 1.